The monoisotopic (exact) mass is 391 g/mol. The highest BCUT2D eigenvalue weighted by molar-refractivity contribution is 5.91. The van der Waals surface area contributed by atoms with Gasteiger partial charge < -0.3 is 4.90 Å². The summed E-state index contributed by atoms with van der Waals surface area (Å²) < 4.78 is 14.9. The third-order valence-electron chi connectivity index (χ3n) is 6.39. The van der Waals surface area contributed by atoms with Gasteiger partial charge in [-0.3, -0.25) is 14.2 Å². The van der Waals surface area contributed by atoms with E-state index in [1.807, 2.05) is 23.1 Å². The molecule has 148 valence electrons. The molecule has 3 aromatic rings. The van der Waals surface area contributed by atoms with Gasteiger partial charge in [0.25, 0.3) is 5.56 Å². The summed E-state index contributed by atoms with van der Waals surface area (Å²) >= 11 is 0. The Morgan fingerprint density at radius 2 is 1.86 bits per heavy atom. The molecule has 5 nitrogen and oxygen atoms in total. The summed E-state index contributed by atoms with van der Waals surface area (Å²) in [6.07, 6.45) is 3.19. The molecule has 2 heterocycles. The molecule has 1 amide bonds. The van der Waals surface area contributed by atoms with Crippen LogP contribution < -0.4 is 5.56 Å². The van der Waals surface area contributed by atoms with E-state index in [2.05, 4.69) is 0 Å². The fraction of sp³-hybridized carbons (Fsp3) is 0.348. The molecule has 1 aliphatic carbocycles. The number of amides is 1. The van der Waals surface area contributed by atoms with Crippen LogP contribution in [0.15, 0.2) is 53.3 Å². The van der Waals surface area contributed by atoms with Gasteiger partial charge in [0.2, 0.25) is 5.91 Å². The Hall–Kier alpha value is -3.02. The lowest BCUT2D eigenvalue weighted by molar-refractivity contribution is -0.135. The van der Waals surface area contributed by atoms with E-state index in [9.17, 15) is 14.0 Å². The van der Waals surface area contributed by atoms with E-state index in [0.717, 1.165) is 31.2 Å². The van der Waals surface area contributed by atoms with Crippen molar-refractivity contribution in [3.8, 4) is 0 Å². The SMILES string of the molecule is Cn1c(C2CCCN2C(=O)C2(c3ccc(F)cc3)CC2)nc2ccccc2c1=O. The Morgan fingerprint density at radius 1 is 1.14 bits per heavy atom. The highest BCUT2D eigenvalue weighted by Gasteiger charge is 2.54. The summed E-state index contributed by atoms with van der Waals surface area (Å²) in [6.45, 7) is 0.648. The number of halogens is 1. The van der Waals surface area contributed by atoms with Crippen molar-refractivity contribution in [2.45, 2.75) is 37.1 Å². The van der Waals surface area contributed by atoms with Gasteiger partial charge in [-0.25, -0.2) is 9.37 Å². The number of rotatable bonds is 3. The van der Waals surface area contributed by atoms with Crippen LogP contribution in [0.2, 0.25) is 0 Å². The smallest absolute Gasteiger partial charge is 0.261 e. The summed E-state index contributed by atoms with van der Waals surface area (Å²) in [5, 5.41) is 0.583. The maximum absolute atomic E-state index is 13.6. The Bertz CT molecular complexity index is 1160. The molecule has 0 N–H and O–H groups in total. The van der Waals surface area contributed by atoms with E-state index in [-0.39, 0.29) is 23.3 Å². The topological polar surface area (TPSA) is 55.2 Å². The van der Waals surface area contributed by atoms with Crippen molar-refractivity contribution in [1.29, 1.82) is 0 Å². The molecule has 0 radical (unpaired) electrons. The minimum Gasteiger partial charge on any atom is -0.332 e. The van der Waals surface area contributed by atoms with Gasteiger partial charge in [-0.15, -0.1) is 0 Å². The zero-order chi connectivity index (χ0) is 20.2. The molecular weight excluding hydrogens is 369 g/mol. The van der Waals surface area contributed by atoms with E-state index >= 15 is 0 Å². The Labute approximate surface area is 167 Å². The molecule has 0 bridgehead atoms. The zero-order valence-electron chi connectivity index (χ0n) is 16.3. The standard InChI is InChI=1S/C23H22FN3O2/c1-26-20(25-18-6-3-2-5-17(18)21(26)28)19-7-4-14-27(19)22(29)23(12-13-23)15-8-10-16(24)11-9-15/h2-3,5-6,8-11,19H,4,7,12-14H2,1H3. The first-order chi connectivity index (χ1) is 14.0. The van der Waals surface area contributed by atoms with Gasteiger partial charge >= 0.3 is 0 Å². The van der Waals surface area contributed by atoms with E-state index in [1.165, 1.54) is 12.1 Å². The first-order valence-electron chi connectivity index (χ1n) is 10.0. The van der Waals surface area contributed by atoms with Crippen LogP contribution in [-0.2, 0) is 17.3 Å². The number of benzene rings is 2. The number of hydrogen-bond donors (Lipinski definition) is 0. The number of likely N-dealkylation sites (tertiary alicyclic amines) is 1. The van der Waals surface area contributed by atoms with Crippen molar-refractivity contribution in [2.24, 2.45) is 7.05 Å². The average molecular weight is 391 g/mol. The maximum atomic E-state index is 13.6. The van der Waals surface area contributed by atoms with Gasteiger partial charge in [-0.1, -0.05) is 24.3 Å². The normalized spacial score (nSPS) is 20.2. The number of fused-ring (bicyclic) bond motifs is 1. The number of para-hydroxylation sites is 1. The summed E-state index contributed by atoms with van der Waals surface area (Å²) in [5.41, 5.74) is 0.871. The van der Waals surface area contributed by atoms with Crippen LogP contribution in [0.5, 0.6) is 0 Å². The summed E-state index contributed by atoms with van der Waals surface area (Å²) in [5.74, 6) is 0.398. The molecule has 5 rings (SSSR count). The Morgan fingerprint density at radius 3 is 2.59 bits per heavy atom. The van der Waals surface area contributed by atoms with Crippen molar-refractivity contribution >= 4 is 16.8 Å². The Balaban J connectivity index is 1.53. The third-order valence-corrected chi connectivity index (χ3v) is 6.39. The van der Waals surface area contributed by atoms with Crippen LogP contribution in [0.1, 0.15) is 43.1 Å². The molecule has 29 heavy (non-hydrogen) atoms. The van der Waals surface area contributed by atoms with E-state index < -0.39 is 5.41 Å². The quantitative estimate of drug-likeness (QED) is 0.687. The fourth-order valence-corrected chi connectivity index (χ4v) is 4.61. The second-order valence-electron chi connectivity index (χ2n) is 8.10. The van der Waals surface area contributed by atoms with E-state index in [0.29, 0.717) is 23.3 Å². The predicted molar refractivity (Wildman–Crippen MR) is 108 cm³/mol. The third kappa shape index (κ3) is 2.77. The summed E-state index contributed by atoms with van der Waals surface area (Å²) in [7, 11) is 1.73. The molecular formula is C23H22FN3O2. The van der Waals surface area contributed by atoms with Gasteiger partial charge in [0.1, 0.15) is 11.6 Å². The van der Waals surface area contributed by atoms with Gasteiger partial charge in [0.05, 0.1) is 22.4 Å². The summed E-state index contributed by atoms with van der Waals surface area (Å²) in [4.78, 5) is 33.0. The van der Waals surface area contributed by atoms with Crippen LogP contribution in [-0.4, -0.2) is 26.9 Å². The first-order valence-corrected chi connectivity index (χ1v) is 10.0. The number of carbonyl (C=O) groups excluding carboxylic acids is 1. The highest BCUT2D eigenvalue weighted by Crippen LogP contribution is 2.51. The van der Waals surface area contributed by atoms with Gasteiger partial charge in [0.15, 0.2) is 0 Å². The Kier molecular flexibility index (Phi) is 4.05. The minimum atomic E-state index is -0.563. The lowest BCUT2D eigenvalue weighted by Gasteiger charge is -2.29. The molecule has 1 saturated carbocycles. The van der Waals surface area contributed by atoms with Crippen LogP contribution in [0.25, 0.3) is 10.9 Å². The van der Waals surface area contributed by atoms with Crippen LogP contribution in [0.4, 0.5) is 4.39 Å². The fourth-order valence-electron chi connectivity index (χ4n) is 4.61. The molecule has 2 aliphatic rings. The van der Waals surface area contributed by atoms with Gasteiger partial charge in [0, 0.05) is 13.6 Å². The zero-order valence-corrected chi connectivity index (χ0v) is 16.3. The molecule has 2 aromatic carbocycles. The van der Waals surface area contributed by atoms with Crippen molar-refractivity contribution in [3.63, 3.8) is 0 Å². The maximum Gasteiger partial charge on any atom is 0.261 e. The van der Waals surface area contributed by atoms with Crippen LogP contribution >= 0.6 is 0 Å². The molecule has 1 saturated heterocycles. The van der Waals surface area contributed by atoms with Crippen LogP contribution in [0, 0.1) is 5.82 Å². The van der Waals surface area contributed by atoms with Crippen molar-refractivity contribution in [3.05, 3.63) is 76.1 Å². The van der Waals surface area contributed by atoms with E-state index in [1.54, 1.807) is 29.8 Å². The summed E-state index contributed by atoms with van der Waals surface area (Å²) in [6, 6.07) is 13.4. The molecule has 1 atom stereocenters. The number of nitrogens with zero attached hydrogens (tertiary/aromatic N) is 3. The molecule has 1 aromatic heterocycles. The first kappa shape index (κ1) is 18.0. The number of aromatic nitrogens is 2. The second-order valence-corrected chi connectivity index (χ2v) is 8.10. The lowest BCUT2D eigenvalue weighted by Crippen LogP contribution is -2.40. The molecule has 2 fully saturated rings. The lowest BCUT2D eigenvalue weighted by atomic mass is 9.94. The largest absolute Gasteiger partial charge is 0.332 e. The average Bonchev–Trinajstić information content (AvgIpc) is 3.40. The van der Waals surface area contributed by atoms with Crippen LogP contribution in [0.3, 0.4) is 0 Å². The van der Waals surface area contributed by atoms with Gasteiger partial charge in [-0.2, -0.15) is 0 Å². The second kappa shape index (κ2) is 6.51. The van der Waals surface area contributed by atoms with E-state index in [4.69, 9.17) is 4.98 Å². The van der Waals surface area contributed by atoms with Crippen molar-refractivity contribution in [2.75, 3.05) is 6.54 Å². The predicted octanol–water partition coefficient (Wildman–Crippen LogP) is 3.47. The molecule has 0 spiro atoms. The number of carbonyl (C=O) groups is 1. The van der Waals surface area contributed by atoms with Crippen molar-refractivity contribution in [1.82, 2.24) is 14.5 Å². The molecule has 1 unspecified atom stereocenters. The highest BCUT2D eigenvalue weighted by atomic mass is 19.1. The molecule has 6 heteroatoms. The van der Waals surface area contributed by atoms with Gasteiger partial charge in [-0.05, 0) is 55.5 Å². The van der Waals surface area contributed by atoms with Crippen molar-refractivity contribution < 1.29 is 9.18 Å². The number of hydrogen-bond acceptors (Lipinski definition) is 3. The minimum absolute atomic E-state index is 0.0639. The molecule has 1 aliphatic heterocycles.